The lowest BCUT2D eigenvalue weighted by Gasteiger charge is -2.25. The van der Waals surface area contributed by atoms with E-state index in [2.05, 4.69) is 0 Å². The second-order valence-electron chi connectivity index (χ2n) is 5.18. The fourth-order valence-electron chi connectivity index (χ4n) is 2.19. The molecule has 0 amide bonds. The van der Waals surface area contributed by atoms with Crippen molar-refractivity contribution in [2.24, 2.45) is 0 Å². The number of hydrogen-bond donors (Lipinski definition) is 4. The molecule has 1 aromatic rings. The number of alkyl halides is 3. The van der Waals surface area contributed by atoms with Crippen LogP contribution in [-0.2, 0) is 25.6 Å². The highest BCUT2D eigenvalue weighted by atomic mass is 35.6. The van der Waals surface area contributed by atoms with Crippen molar-refractivity contribution in [1.82, 2.24) is 9.55 Å². The second-order valence-corrected chi connectivity index (χ2v) is 10.5. The molecule has 0 radical (unpaired) electrons. The van der Waals surface area contributed by atoms with Crippen LogP contribution < -0.4 is 11.2 Å². The molecule has 1 fully saturated rings. The minimum atomic E-state index is -3.98. The van der Waals surface area contributed by atoms with Crippen LogP contribution in [0.25, 0.3) is 0 Å². The van der Waals surface area contributed by atoms with E-state index in [0.717, 1.165) is 16.8 Å². The first-order valence-corrected chi connectivity index (χ1v) is 10.6. The van der Waals surface area contributed by atoms with Gasteiger partial charge in [-0.05, 0) is 11.8 Å². The van der Waals surface area contributed by atoms with E-state index < -0.39 is 59.5 Å². The zero-order valence-corrected chi connectivity index (χ0v) is 16.7. The van der Waals surface area contributed by atoms with Gasteiger partial charge in [-0.2, -0.15) is 0 Å². The predicted octanol–water partition coefficient (Wildman–Crippen LogP) is -0.224. The van der Waals surface area contributed by atoms with Gasteiger partial charge >= 0.3 is 12.4 Å². The van der Waals surface area contributed by atoms with Gasteiger partial charge in [0.15, 0.2) is 6.23 Å². The third kappa shape index (κ3) is 5.73. The molecule has 148 valence electrons. The van der Waals surface area contributed by atoms with Gasteiger partial charge in [0.1, 0.15) is 24.9 Å². The number of halogens is 3. The first-order valence-electron chi connectivity index (χ1n) is 6.92. The maximum atomic E-state index is 11.9. The number of nitrogens with one attached hydrogen (secondary N) is 1. The molecule has 1 saturated heterocycles. The van der Waals surface area contributed by atoms with Crippen LogP contribution in [0.5, 0.6) is 0 Å². The molecule has 0 aromatic carbocycles. The van der Waals surface area contributed by atoms with E-state index in [1.54, 1.807) is 0 Å². The first kappa shape index (κ1) is 22.3. The van der Waals surface area contributed by atoms with Crippen molar-refractivity contribution >= 4 is 53.3 Å². The van der Waals surface area contributed by atoms with Crippen LogP contribution in [0.15, 0.2) is 21.9 Å². The topological polar surface area (TPSA) is 143 Å². The van der Waals surface area contributed by atoms with Crippen LogP contribution in [0.2, 0.25) is 0 Å². The number of rotatable bonds is 6. The summed E-state index contributed by atoms with van der Waals surface area (Å²) in [7, 11) is 0. The molecule has 0 saturated carbocycles. The summed E-state index contributed by atoms with van der Waals surface area (Å²) >= 11 is 21.3. The molecule has 10 nitrogen and oxygen atoms in total. The molecule has 2 rings (SSSR count). The van der Waals surface area contributed by atoms with Crippen molar-refractivity contribution in [3.05, 3.63) is 33.1 Å². The number of aromatic nitrogens is 2. The third-order valence-corrected chi connectivity index (χ3v) is 5.13. The van der Waals surface area contributed by atoms with Gasteiger partial charge in [0.2, 0.25) is 3.79 Å². The number of aliphatic hydroxyl groups is 2. The van der Waals surface area contributed by atoms with E-state index >= 15 is 0 Å². The van der Waals surface area contributed by atoms with E-state index in [0.29, 0.717) is 0 Å². The molecule has 1 unspecified atom stereocenters. The first-order chi connectivity index (χ1) is 11.9. The molecule has 1 aliphatic rings. The maximum Gasteiger partial charge on any atom is 0.330 e. The Balaban J connectivity index is 2.19. The van der Waals surface area contributed by atoms with Crippen LogP contribution in [0.1, 0.15) is 6.23 Å². The minimum absolute atomic E-state index is 0.582. The smallest absolute Gasteiger partial charge is 0.330 e. The average Bonchev–Trinajstić information content (AvgIpc) is 2.81. The fourth-order valence-corrected chi connectivity index (χ4v) is 4.03. The van der Waals surface area contributed by atoms with E-state index in [-0.39, 0.29) is 0 Å². The third-order valence-electron chi connectivity index (χ3n) is 3.26. The zero-order chi connectivity index (χ0) is 19.7. The normalized spacial score (nSPS) is 28.8. The van der Waals surface area contributed by atoms with E-state index in [4.69, 9.17) is 60.4 Å². The molecule has 0 aliphatic carbocycles. The summed E-state index contributed by atoms with van der Waals surface area (Å²) < 4.78 is 14.5. The van der Waals surface area contributed by atoms with Crippen molar-refractivity contribution in [3.63, 3.8) is 0 Å². The molecular weight excluding hydrogens is 458 g/mol. The van der Waals surface area contributed by atoms with Crippen molar-refractivity contribution < 1.29 is 28.9 Å². The number of aromatic amines is 1. The molecule has 4 N–H and O–H groups in total. The summed E-state index contributed by atoms with van der Waals surface area (Å²) in [6, 6.07) is 1.04. The highest BCUT2D eigenvalue weighted by Gasteiger charge is 2.48. The van der Waals surface area contributed by atoms with E-state index in [1.165, 1.54) is 0 Å². The zero-order valence-electron chi connectivity index (χ0n) is 12.7. The number of aliphatic hydroxyl groups excluding tert-OH is 2. The standard InChI is InChI=1S/C11H14Cl3N2O8PS/c12-11(13,14)4-22-25(21,26)24-8-5(3-17)23-9(7(8)19)16-2-1-6(18)15-10(16)20/h1-2,5,7-9,17,19H,3-4H2,(H,21,26)(H,15,18,20)/t5-,7-,8-,9-,25?/m1/s1. The molecule has 26 heavy (non-hydrogen) atoms. The quantitative estimate of drug-likeness (QED) is 0.327. The van der Waals surface area contributed by atoms with Gasteiger partial charge in [0.05, 0.1) is 6.61 Å². The van der Waals surface area contributed by atoms with Crippen LogP contribution in [0, 0.1) is 0 Å². The maximum absolute atomic E-state index is 11.9. The van der Waals surface area contributed by atoms with E-state index in [1.807, 2.05) is 4.98 Å². The fraction of sp³-hybridized carbons (Fsp3) is 0.636. The molecular formula is C11H14Cl3N2O8PS. The lowest BCUT2D eigenvalue weighted by Crippen LogP contribution is -2.38. The monoisotopic (exact) mass is 470 g/mol. The van der Waals surface area contributed by atoms with Gasteiger partial charge in [0, 0.05) is 12.3 Å². The summed E-state index contributed by atoms with van der Waals surface area (Å²) in [6.45, 7) is -5.19. The summed E-state index contributed by atoms with van der Waals surface area (Å²) in [5.74, 6) is 0. The SMILES string of the molecule is O=c1ccn([C@@H]2O[C@H](CO)[C@@H](OP(O)(=S)OCC(Cl)(Cl)Cl)[C@H]2O)c(=O)[nH]1. The van der Waals surface area contributed by atoms with Crippen LogP contribution in [-0.4, -0.2) is 60.0 Å². The second kappa shape index (κ2) is 8.54. The highest BCUT2D eigenvalue weighted by molar-refractivity contribution is 8.07. The molecule has 0 bridgehead atoms. The Kier molecular flexibility index (Phi) is 7.31. The van der Waals surface area contributed by atoms with Crippen LogP contribution >= 0.6 is 41.5 Å². The van der Waals surface area contributed by atoms with Crippen molar-refractivity contribution in [2.75, 3.05) is 13.2 Å². The van der Waals surface area contributed by atoms with Crippen molar-refractivity contribution in [2.45, 2.75) is 28.3 Å². The Hall–Kier alpha value is -0.0400. The Labute approximate surface area is 166 Å². The van der Waals surface area contributed by atoms with Crippen molar-refractivity contribution in [1.29, 1.82) is 0 Å². The van der Waals surface area contributed by atoms with Crippen molar-refractivity contribution in [3.8, 4) is 0 Å². The Morgan fingerprint density at radius 2 is 2.08 bits per heavy atom. The van der Waals surface area contributed by atoms with Crippen LogP contribution in [0.3, 0.4) is 0 Å². The average molecular weight is 472 g/mol. The van der Waals surface area contributed by atoms with Gasteiger partial charge in [0.25, 0.3) is 5.56 Å². The Morgan fingerprint density at radius 1 is 1.42 bits per heavy atom. The largest absolute Gasteiger partial charge is 0.394 e. The molecule has 1 aliphatic heterocycles. The van der Waals surface area contributed by atoms with Gasteiger partial charge in [-0.15, -0.1) is 0 Å². The minimum Gasteiger partial charge on any atom is -0.394 e. The summed E-state index contributed by atoms with van der Waals surface area (Å²) in [5.41, 5.74) is -1.49. The molecule has 15 heteroatoms. The molecule has 1 aromatic heterocycles. The Morgan fingerprint density at radius 3 is 2.62 bits per heavy atom. The highest BCUT2D eigenvalue weighted by Crippen LogP contribution is 2.50. The molecule has 0 spiro atoms. The predicted molar refractivity (Wildman–Crippen MR) is 95.9 cm³/mol. The lowest BCUT2D eigenvalue weighted by atomic mass is 10.1. The van der Waals surface area contributed by atoms with Gasteiger partial charge < -0.3 is 24.4 Å². The lowest BCUT2D eigenvalue weighted by molar-refractivity contribution is -0.0547. The van der Waals surface area contributed by atoms with Gasteiger partial charge in [-0.1, -0.05) is 34.8 Å². The number of ether oxygens (including phenoxy) is 1. The molecule has 5 atom stereocenters. The number of hydrogen-bond acceptors (Lipinski definition) is 8. The summed E-state index contributed by atoms with van der Waals surface area (Å²) in [5, 5.41) is 19.8. The molecule has 2 heterocycles. The van der Waals surface area contributed by atoms with Gasteiger partial charge in [-0.3, -0.25) is 18.9 Å². The Bertz CT molecular complexity index is 799. The van der Waals surface area contributed by atoms with E-state index in [9.17, 15) is 24.7 Å². The summed E-state index contributed by atoms with van der Waals surface area (Å²) in [4.78, 5) is 35.0. The summed E-state index contributed by atoms with van der Waals surface area (Å²) in [6.07, 6.45) is -4.26. The van der Waals surface area contributed by atoms with Crippen LogP contribution in [0.4, 0.5) is 0 Å². The number of nitrogens with zero attached hydrogens (tertiary/aromatic N) is 1. The van der Waals surface area contributed by atoms with Gasteiger partial charge in [-0.25, -0.2) is 4.79 Å². The number of H-pyrrole nitrogens is 1.